The van der Waals surface area contributed by atoms with Crippen LogP contribution in [0, 0.1) is 15.9 Å². The molecule has 0 aromatic heterocycles. The molecule has 0 heterocycles. The molecule has 0 bridgehead atoms. The van der Waals surface area contributed by atoms with Gasteiger partial charge in [0.25, 0.3) is 11.6 Å². The van der Waals surface area contributed by atoms with Crippen LogP contribution >= 0.6 is 11.6 Å². The van der Waals surface area contributed by atoms with Gasteiger partial charge in [-0.05, 0) is 36.4 Å². The highest BCUT2D eigenvalue weighted by Gasteiger charge is 2.18. The van der Waals surface area contributed by atoms with Gasteiger partial charge in [-0.15, -0.1) is 0 Å². The molecule has 24 heavy (non-hydrogen) atoms. The summed E-state index contributed by atoms with van der Waals surface area (Å²) in [6.07, 6.45) is 0. The number of benzene rings is 2. The Labute approximate surface area is 140 Å². The fraction of sp³-hybridized carbons (Fsp3) is 0.0667. The average Bonchev–Trinajstić information content (AvgIpc) is 2.55. The summed E-state index contributed by atoms with van der Waals surface area (Å²) in [5.41, 5.74) is -0.220. The number of carbonyl (C=O) groups excluding carboxylic acids is 2. The first-order valence-electron chi connectivity index (χ1n) is 6.53. The third kappa shape index (κ3) is 4.50. The van der Waals surface area contributed by atoms with Crippen molar-refractivity contribution >= 4 is 34.9 Å². The first-order valence-corrected chi connectivity index (χ1v) is 6.91. The van der Waals surface area contributed by atoms with Crippen molar-refractivity contribution in [1.29, 1.82) is 0 Å². The highest BCUT2D eigenvalue weighted by molar-refractivity contribution is 6.32. The fourth-order valence-electron chi connectivity index (χ4n) is 1.72. The van der Waals surface area contributed by atoms with E-state index in [9.17, 15) is 24.1 Å². The van der Waals surface area contributed by atoms with Gasteiger partial charge in [-0.25, -0.2) is 9.18 Å². The van der Waals surface area contributed by atoms with Gasteiger partial charge in [0.2, 0.25) is 0 Å². The number of halogens is 2. The predicted octanol–water partition coefficient (Wildman–Crippen LogP) is 3.18. The molecule has 2 aromatic carbocycles. The number of hydrogen-bond donors (Lipinski definition) is 1. The molecule has 0 aliphatic carbocycles. The normalized spacial score (nSPS) is 10.1. The number of carbonyl (C=O) groups is 2. The zero-order valence-corrected chi connectivity index (χ0v) is 12.7. The van der Waals surface area contributed by atoms with Crippen molar-refractivity contribution in [1.82, 2.24) is 0 Å². The first kappa shape index (κ1) is 17.4. The minimum atomic E-state index is -0.913. The molecule has 0 aliphatic rings. The zero-order valence-electron chi connectivity index (χ0n) is 12.0. The van der Waals surface area contributed by atoms with E-state index in [-0.39, 0.29) is 10.6 Å². The van der Waals surface area contributed by atoms with Gasteiger partial charge in [-0.1, -0.05) is 11.6 Å². The SMILES string of the molecule is O=C(COC(=O)c1ccc(Cl)c([N+](=O)[O-])c1)Nc1ccc(F)cc1. The van der Waals surface area contributed by atoms with Gasteiger partial charge >= 0.3 is 5.97 Å². The Kier molecular flexibility index (Phi) is 5.43. The molecule has 0 saturated carbocycles. The molecule has 0 fully saturated rings. The summed E-state index contributed by atoms with van der Waals surface area (Å²) in [6, 6.07) is 8.41. The highest BCUT2D eigenvalue weighted by atomic mass is 35.5. The van der Waals surface area contributed by atoms with Gasteiger partial charge in [-0.2, -0.15) is 0 Å². The van der Waals surface area contributed by atoms with Gasteiger partial charge < -0.3 is 10.1 Å². The maximum atomic E-state index is 12.7. The van der Waals surface area contributed by atoms with E-state index in [1.165, 1.54) is 24.3 Å². The molecule has 1 N–H and O–H groups in total. The number of amides is 1. The van der Waals surface area contributed by atoms with E-state index in [1.807, 2.05) is 0 Å². The van der Waals surface area contributed by atoms with Crippen LogP contribution in [0.5, 0.6) is 0 Å². The number of nitro benzene ring substituents is 1. The third-order valence-electron chi connectivity index (χ3n) is 2.84. The van der Waals surface area contributed by atoms with Crippen LogP contribution in [0.25, 0.3) is 0 Å². The number of ether oxygens (including phenoxy) is 1. The van der Waals surface area contributed by atoms with Crippen molar-refractivity contribution in [3.8, 4) is 0 Å². The number of nitrogens with one attached hydrogen (secondary N) is 1. The Balaban J connectivity index is 1.95. The van der Waals surface area contributed by atoms with Crippen molar-refractivity contribution in [2.45, 2.75) is 0 Å². The van der Waals surface area contributed by atoms with E-state index in [4.69, 9.17) is 16.3 Å². The Morgan fingerprint density at radius 3 is 2.50 bits per heavy atom. The van der Waals surface area contributed by atoms with Gasteiger partial charge in [-0.3, -0.25) is 14.9 Å². The lowest BCUT2D eigenvalue weighted by Crippen LogP contribution is -2.21. The molecule has 0 spiro atoms. The van der Waals surface area contributed by atoms with Crippen LogP contribution in [0.3, 0.4) is 0 Å². The smallest absolute Gasteiger partial charge is 0.338 e. The average molecular weight is 353 g/mol. The molecule has 7 nitrogen and oxygen atoms in total. The number of esters is 1. The lowest BCUT2D eigenvalue weighted by atomic mass is 10.2. The zero-order chi connectivity index (χ0) is 17.7. The number of nitrogens with zero attached hydrogens (tertiary/aromatic N) is 1. The summed E-state index contributed by atoms with van der Waals surface area (Å²) in [6.45, 7) is -0.605. The molecule has 0 atom stereocenters. The summed E-state index contributed by atoms with van der Waals surface area (Å²) in [5.74, 6) is -2.01. The molecule has 1 amide bonds. The van der Waals surface area contributed by atoms with Gasteiger partial charge in [0.1, 0.15) is 10.8 Å². The molecule has 0 aliphatic heterocycles. The maximum Gasteiger partial charge on any atom is 0.338 e. The molecule has 0 unspecified atom stereocenters. The molecule has 9 heteroatoms. The predicted molar refractivity (Wildman–Crippen MR) is 83.4 cm³/mol. The Bertz CT molecular complexity index is 795. The van der Waals surface area contributed by atoms with E-state index in [1.54, 1.807) is 0 Å². The van der Waals surface area contributed by atoms with Crippen LogP contribution in [0.15, 0.2) is 42.5 Å². The van der Waals surface area contributed by atoms with Crippen LogP contribution in [0.1, 0.15) is 10.4 Å². The maximum absolute atomic E-state index is 12.7. The van der Waals surface area contributed by atoms with Crippen LogP contribution in [0.4, 0.5) is 15.8 Å². The fourth-order valence-corrected chi connectivity index (χ4v) is 1.91. The summed E-state index contributed by atoms with van der Waals surface area (Å²) in [4.78, 5) is 33.5. The van der Waals surface area contributed by atoms with E-state index in [0.29, 0.717) is 5.69 Å². The minimum absolute atomic E-state index is 0.110. The van der Waals surface area contributed by atoms with Gasteiger partial charge in [0.15, 0.2) is 6.61 Å². The van der Waals surface area contributed by atoms with Crippen LogP contribution < -0.4 is 5.32 Å². The molecular formula is C15H10ClFN2O5. The number of hydrogen-bond acceptors (Lipinski definition) is 5. The lowest BCUT2D eigenvalue weighted by Gasteiger charge is -2.07. The van der Waals surface area contributed by atoms with E-state index in [2.05, 4.69) is 5.32 Å². The number of rotatable bonds is 5. The largest absolute Gasteiger partial charge is 0.452 e. The quantitative estimate of drug-likeness (QED) is 0.506. The standard InChI is InChI=1S/C15H10ClFN2O5/c16-12-6-1-9(7-13(12)19(22)23)15(21)24-8-14(20)18-11-4-2-10(17)3-5-11/h1-7H,8H2,(H,18,20). The van der Waals surface area contributed by atoms with Crippen LogP contribution in [0.2, 0.25) is 5.02 Å². The summed E-state index contributed by atoms with van der Waals surface area (Å²) in [7, 11) is 0. The summed E-state index contributed by atoms with van der Waals surface area (Å²) in [5, 5.41) is 13.1. The van der Waals surface area contributed by atoms with Crippen molar-refractivity contribution in [3.05, 3.63) is 69.0 Å². The molecule has 2 aromatic rings. The number of nitro groups is 1. The Morgan fingerprint density at radius 1 is 1.21 bits per heavy atom. The molecule has 0 radical (unpaired) electrons. The highest BCUT2D eigenvalue weighted by Crippen LogP contribution is 2.25. The molecular weight excluding hydrogens is 343 g/mol. The van der Waals surface area contributed by atoms with Gasteiger partial charge in [0.05, 0.1) is 10.5 Å². The van der Waals surface area contributed by atoms with Crippen LogP contribution in [-0.2, 0) is 9.53 Å². The first-order chi connectivity index (χ1) is 11.4. The second-order valence-corrected chi connectivity index (χ2v) is 4.96. The van der Waals surface area contributed by atoms with Crippen molar-refractivity contribution in [3.63, 3.8) is 0 Å². The van der Waals surface area contributed by atoms with E-state index < -0.39 is 34.9 Å². The monoisotopic (exact) mass is 352 g/mol. The topological polar surface area (TPSA) is 98.5 Å². The Morgan fingerprint density at radius 2 is 1.88 bits per heavy atom. The van der Waals surface area contributed by atoms with E-state index >= 15 is 0 Å². The summed E-state index contributed by atoms with van der Waals surface area (Å²) < 4.78 is 17.5. The second-order valence-electron chi connectivity index (χ2n) is 4.55. The molecule has 124 valence electrons. The van der Waals surface area contributed by atoms with Crippen molar-refractivity contribution in [2.75, 3.05) is 11.9 Å². The lowest BCUT2D eigenvalue weighted by molar-refractivity contribution is -0.384. The number of anilines is 1. The van der Waals surface area contributed by atoms with Crippen molar-refractivity contribution in [2.24, 2.45) is 0 Å². The molecule has 0 saturated heterocycles. The Hall–Kier alpha value is -3.00. The van der Waals surface area contributed by atoms with E-state index in [0.717, 1.165) is 18.2 Å². The summed E-state index contributed by atoms with van der Waals surface area (Å²) >= 11 is 5.64. The molecule has 2 rings (SSSR count). The van der Waals surface area contributed by atoms with Crippen LogP contribution in [-0.4, -0.2) is 23.4 Å². The van der Waals surface area contributed by atoms with Gasteiger partial charge in [0, 0.05) is 11.8 Å². The second kappa shape index (κ2) is 7.51. The minimum Gasteiger partial charge on any atom is -0.452 e. The third-order valence-corrected chi connectivity index (χ3v) is 3.16. The van der Waals surface area contributed by atoms with Crippen molar-refractivity contribution < 1.29 is 23.6 Å².